The number of benzene rings is 2. The summed E-state index contributed by atoms with van der Waals surface area (Å²) in [6, 6.07) is 16.2. The van der Waals surface area contributed by atoms with E-state index in [4.69, 9.17) is 14.5 Å². The van der Waals surface area contributed by atoms with Gasteiger partial charge >= 0.3 is 0 Å². The van der Waals surface area contributed by atoms with E-state index in [0.29, 0.717) is 0 Å². The van der Waals surface area contributed by atoms with Crippen LogP contribution in [0.5, 0.6) is 11.5 Å². The number of hydrogen-bond donors (Lipinski definition) is 0. The number of nitrogens with zero attached hydrogens (tertiary/aromatic N) is 4. The lowest BCUT2D eigenvalue weighted by molar-refractivity contribution is 0.261. The molecule has 0 spiro atoms. The zero-order valence-corrected chi connectivity index (χ0v) is 17.7. The van der Waals surface area contributed by atoms with Gasteiger partial charge in [0.2, 0.25) is 5.13 Å². The van der Waals surface area contributed by atoms with Gasteiger partial charge in [-0.15, -0.1) is 0 Å². The monoisotopic (exact) mass is 410 g/mol. The molecule has 29 heavy (non-hydrogen) atoms. The molecule has 4 rings (SSSR count). The number of rotatable bonds is 7. The van der Waals surface area contributed by atoms with E-state index >= 15 is 0 Å². The number of anilines is 1. The van der Waals surface area contributed by atoms with Crippen molar-refractivity contribution in [3.8, 4) is 22.9 Å². The topological polar surface area (TPSA) is 50.7 Å². The summed E-state index contributed by atoms with van der Waals surface area (Å²) in [6.45, 7) is 5.07. The van der Waals surface area contributed by atoms with Crippen molar-refractivity contribution in [3.63, 3.8) is 0 Å². The second-order valence-electron chi connectivity index (χ2n) is 7.03. The fourth-order valence-electron chi connectivity index (χ4n) is 3.56. The predicted molar refractivity (Wildman–Crippen MR) is 117 cm³/mol. The molecule has 0 atom stereocenters. The number of para-hydroxylation sites is 1. The van der Waals surface area contributed by atoms with Crippen LogP contribution in [0.3, 0.4) is 0 Å². The minimum Gasteiger partial charge on any atom is -0.497 e. The third kappa shape index (κ3) is 4.68. The molecule has 2 heterocycles. The van der Waals surface area contributed by atoms with E-state index in [-0.39, 0.29) is 0 Å². The molecule has 1 aliphatic heterocycles. The third-order valence-electron chi connectivity index (χ3n) is 5.26. The number of methoxy groups -OCH3 is 2. The van der Waals surface area contributed by atoms with E-state index in [9.17, 15) is 0 Å². The summed E-state index contributed by atoms with van der Waals surface area (Å²) in [4.78, 5) is 9.62. The fourth-order valence-corrected chi connectivity index (χ4v) is 4.29. The Hall–Kier alpha value is -2.64. The molecule has 1 saturated heterocycles. The second kappa shape index (κ2) is 9.24. The van der Waals surface area contributed by atoms with Crippen LogP contribution in [-0.2, 0) is 6.42 Å². The van der Waals surface area contributed by atoms with Gasteiger partial charge in [0.25, 0.3) is 0 Å². The Kier molecular flexibility index (Phi) is 6.27. The number of piperazine rings is 1. The molecule has 0 radical (unpaired) electrons. The van der Waals surface area contributed by atoms with Crippen molar-refractivity contribution in [2.45, 2.75) is 6.42 Å². The minimum absolute atomic E-state index is 0.739. The van der Waals surface area contributed by atoms with Gasteiger partial charge in [-0.2, -0.15) is 9.36 Å². The highest BCUT2D eigenvalue weighted by atomic mass is 32.1. The van der Waals surface area contributed by atoms with E-state index in [2.05, 4.69) is 32.4 Å². The smallest absolute Gasteiger partial charge is 0.205 e. The van der Waals surface area contributed by atoms with Crippen molar-refractivity contribution in [1.29, 1.82) is 0 Å². The molecule has 0 amide bonds. The molecule has 0 unspecified atom stereocenters. The highest BCUT2D eigenvalue weighted by Gasteiger charge is 2.21. The molecule has 152 valence electrons. The van der Waals surface area contributed by atoms with E-state index in [1.807, 2.05) is 30.3 Å². The van der Waals surface area contributed by atoms with Crippen LogP contribution in [0.15, 0.2) is 48.5 Å². The first-order valence-electron chi connectivity index (χ1n) is 9.84. The maximum absolute atomic E-state index is 5.44. The average molecular weight is 411 g/mol. The first kappa shape index (κ1) is 19.7. The molecule has 1 aliphatic rings. The van der Waals surface area contributed by atoms with Gasteiger partial charge in [0, 0.05) is 44.3 Å². The Balaban J connectivity index is 1.32. The summed E-state index contributed by atoms with van der Waals surface area (Å²) in [7, 11) is 3.39. The van der Waals surface area contributed by atoms with Crippen molar-refractivity contribution in [1.82, 2.24) is 14.3 Å². The molecular formula is C22H26N4O2S. The first-order valence-corrected chi connectivity index (χ1v) is 10.6. The quantitative estimate of drug-likeness (QED) is 0.593. The zero-order chi connectivity index (χ0) is 20.1. The average Bonchev–Trinajstić information content (AvgIpc) is 3.28. The highest BCUT2D eigenvalue weighted by molar-refractivity contribution is 7.09. The number of hydrogen-bond acceptors (Lipinski definition) is 7. The molecule has 1 fully saturated rings. The van der Waals surface area contributed by atoms with E-state index in [0.717, 1.165) is 67.2 Å². The van der Waals surface area contributed by atoms with Crippen LogP contribution in [0.4, 0.5) is 5.13 Å². The summed E-state index contributed by atoms with van der Waals surface area (Å²) in [6.07, 6.45) is 1.04. The zero-order valence-electron chi connectivity index (χ0n) is 16.9. The summed E-state index contributed by atoms with van der Waals surface area (Å²) < 4.78 is 15.3. The van der Waals surface area contributed by atoms with Gasteiger partial charge in [0.1, 0.15) is 11.5 Å². The maximum Gasteiger partial charge on any atom is 0.205 e. The lowest BCUT2D eigenvalue weighted by Crippen LogP contribution is -2.47. The lowest BCUT2D eigenvalue weighted by Gasteiger charge is -2.34. The van der Waals surface area contributed by atoms with Crippen LogP contribution in [0.2, 0.25) is 0 Å². The van der Waals surface area contributed by atoms with Gasteiger partial charge in [-0.25, -0.2) is 0 Å². The normalized spacial score (nSPS) is 14.8. The van der Waals surface area contributed by atoms with E-state index in [1.165, 1.54) is 17.1 Å². The molecule has 0 N–H and O–H groups in total. The van der Waals surface area contributed by atoms with E-state index < -0.39 is 0 Å². The minimum atomic E-state index is 0.739. The molecule has 6 nitrogen and oxygen atoms in total. The Labute approximate surface area is 175 Å². The Morgan fingerprint density at radius 1 is 0.966 bits per heavy atom. The summed E-state index contributed by atoms with van der Waals surface area (Å²) >= 11 is 1.46. The number of aromatic nitrogens is 2. The Bertz CT molecular complexity index is 938. The Morgan fingerprint density at radius 3 is 2.59 bits per heavy atom. The van der Waals surface area contributed by atoms with Crippen molar-refractivity contribution >= 4 is 16.7 Å². The standard InChI is InChI=1S/C22H26N4O2S/c1-27-18-7-5-6-17(16-18)10-11-25-12-14-26(15-13-25)22-23-21(24-29-22)19-8-3-4-9-20(19)28-2/h3-9,16H,10-15H2,1-2H3. The Morgan fingerprint density at radius 2 is 1.79 bits per heavy atom. The van der Waals surface area contributed by atoms with Crippen LogP contribution in [0, 0.1) is 0 Å². The summed E-state index contributed by atoms with van der Waals surface area (Å²) in [5, 5.41) is 0.985. The van der Waals surface area contributed by atoms with Crippen LogP contribution in [0.25, 0.3) is 11.4 Å². The largest absolute Gasteiger partial charge is 0.497 e. The fraction of sp³-hybridized carbons (Fsp3) is 0.364. The lowest BCUT2D eigenvalue weighted by atomic mass is 10.1. The van der Waals surface area contributed by atoms with Crippen molar-refractivity contribution in [2.24, 2.45) is 0 Å². The van der Waals surface area contributed by atoms with Gasteiger partial charge in [0.15, 0.2) is 5.82 Å². The van der Waals surface area contributed by atoms with Crippen molar-refractivity contribution < 1.29 is 9.47 Å². The molecule has 2 aromatic carbocycles. The second-order valence-corrected chi connectivity index (χ2v) is 7.76. The molecule has 0 aliphatic carbocycles. The van der Waals surface area contributed by atoms with Gasteiger partial charge in [-0.1, -0.05) is 24.3 Å². The molecular weight excluding hydrogens is 384 g/mol. The SMILES string of the molecule is COc1cccc(CCN2CCN(c3nc(-c4ccccc4OC)ns3)CC2)c1. The molecule has 0 saturated carbocycles. The van der Waals surface area contributed by atoms with E-state index in [1.54, 1.807) is 14.2 Å². The van der Waals surface area contributed by atoms with Crippen LogP contribution < -0.4 is 14.4 Å². The first-order chi connectivity index (χ1) is 14.3. The molecule has 1 aromatic heterocycles. The van der Waals surface area contributed by atoms with Gasteiger partial charge < -0.3 is 14.4 Å². The molecule has 0 bridgehead atoms. The predicted octanol–water partition coefficient (Wildman–Crippen LogP) is 3.59. The van der Waals surface area contributed by atoms with Crippen LogP contribution in [-0.4, -0.2) is 61.2 Å². The van der Waals surface area contributed by atoms with Crippen molar-refractivity contribution in [2.75, 3.05) is 51.8 Å². The number of ether oxygens (including phenoxy) is 2. The van der Waals surface area contributed by atoms with Gasteiger partial charge in [-0.05, 0) is 36.2 Å². The summed E-state index contributed by atoms with van der Waals surface area (Å²) in [5.74, 6) is 2.47. The highest BCUT2D eigenvalue weighted by Crippen LogP contribution is 2.30. The van der Waals surface area contributed by atoms with Crippen LogP contribution in [0.1, 0.15) is 5.56 Å². The summed E-state index contributed by atoms with van der Waals surface area (Å²) in [5.41, 5.74) is 2.26. The molecule has 3 aromatic rings. The third-order valence-corrected chi connectivity index (χ3v) is 6.03. The maximum atomic E-state index is 5.44. The van der Waals surface area contributed by atoms with Crippen molar-refractivity contribution in [3.05, 3.63) is 54.1 Å². The van der Waals surface area contributed by atoms with Gasteiger partial charge in [-0.3, -0.25) is 4.90 Å². The molecule has 7 heteroatoms. The van der Waals surface area contributed by atoms with Crippen LogP contribution >= 0.6 is 11.5 Å². The van der Waals surface area contributed by atoms with Gasteiger partial charge in [0.05, 0.1) is 19.8 Å².